The van der Waals surface area contributed by atoms with Gasteiger partial charge in [0.05, 0.1) is 0 Å². The molecule has 0 nitrogen and oxygen atoms in total. The van der Waals surface area contributed by atoms with Gasteiger partial charge in [-0.1, -0.05) is 0 Å². The largest absolute Gasteiger partial charge is 3.00 e. The fourth-order valence-corrected chi connectivity index (χ4v) is 1.03. The van der Waals surface area contributed by atoms with Crippen molar-refractivity contribution in [3.63, 3.8) is 0 Å². The third-order valence-electron chi connectivity index (χ3n) is 1.82. The van der Waals surface area contributed by atoms with Gasteiger partial charge in [0.2, 0.25) is 0 Å². The molecule has 0 bridgehead atoms. The molecule has 0 fully saturated rings. The van der Waals surface area contributed by atoms with E-state index in [0.29, 0.717) is 0 Å². The summed E-state index contributed by atoms with van der Waals surface area (Å²) >= 11 is 0. The second kappa shape index (κ2) is 17.6. The van der Waals surface area contributed by atoms with Crippen molar-refractivity contribution in [2.24, 2.45) is 0 Å². The summed E-state index contributed by atoms with van der Waals surface area (Å²) in [6.07, 6.45) is 0. The van der Waals surface area contributed by atoms with Crippen LogP contribution in [0, 0.1) is 18.2 Å². The summed E-state index contributed by atoms with van der Waals surface area (Å²) in [5, 5.41) is 0. The maximum absolute atomic E-state index is 2.89. The topological polar surface area (TPSA) is 0 Å². The third-order valence-corrected chi connectivity index (χ3v) is 1.82. The van der Waals surface area contributed by atoms with Gasteiger partial charge in [0, 0.05) is 0 Å². The average Bonchev–Trinajstić information content (AvgIpc) is 2.54. The monoisotopic (exact) mass is 323 g/mol. The second-order valence-electron chi connectivity index (χ2n) is 3.23. The Morgan fingerprint density at radius 3 is 0.600 bits per heavy atom. The van der Waals surface area contributed by atoms with E-state index < -0.39 is 0 Å². The average molecular weight is 324 g/mol. The Morgan fingerprint density at radius 1 is 0.350 bits per heavy atom. The fraction of sp³-hybridized carbons (Fsp3) is 0. The van der Waals surface area contributed by atoms with Gasteiger partial charge in [-0.05, 0) is 0 Å². The van der Waals surface area contributed by atoms with Gasteiger partial charge in [-0.15, -0.1) is 0 Å². The van der Waals surface area contributed by atoms with Crippen LogP contribution in [-0.2, 0) is 16.5 Å². The van der Waals surface area contributed by atoms with Gasteiger partial charge in [0.1, 0.15) is 0 Å². The molecule has 0 N–H and O–H groups in total. The van der Waals surface area contributed by atoms with Gasteiger partial charge in [-0.25, -0.2) is 0 Å². The minimum Gasteiger partial charge on any atom is -0.184 e. The summed E-state index contributed by atoms with van der Waals surface area (Å²) in [6, 6.07) is 37.5. The molecule has 0 aliphatic heterocycles. The Bertz CT molecular complexity index is 302. The van der Waals surface area contributed by atoms with Crippen LogP contribution in [0.25, 0.3) is 0 Å². The van der Waals surface area contributed by atoms with Crippen LogP contribution in [0.5, 0.6) is 0 Å². The van der Waals surface area contributed by atoms with Crippen LogP contribution in [0.4, 0.5) is 0 Å². The third kappa shape index (κ3) is 14.6. The van der Waals surface area contributed by atoms with Gasteiger partial charge in [-0.2, -0.15) is 119 Å². The van der Waals surface area contributed by atoms with Gasteiger partial charge in [0.15, 0.2) is 0 Å². The SMILES string of the molecule is P.[Ni+3].[c-]1ccccc1.[c-]1ccccc1.[c-]1ccccc1. The van der Waals surface area contributed by atoms with E-state index in [2.05, 4.69) is 18.2 Å². The van der Waals surface area contributed by atoms with Gasteiger partial charge in [-0.3, -0.25) is 0 Å². The normalized spacial score (nSPS) is 7.20. The van der Waals surface area contributed by atoms with Crippen LogP contribution in [0.1, 0.15) is 0 Å². The Morgan fingerprint density at radius 2 is 0.550 bits per heavy atom. The number of rotatable bonds is 0. The summed E-state index contributed by atoms with van der Waals surface area (Å²) in [7, 11) is 0. The van der Waals surface area contributed by atoms with E-state index in [1.54, 1.807) is 0 Å². The number of hydrogen-bond donors (Lipinski definition) is 0. The van der Waals surface area contributed by atoms with Crippen molar-refractivity contribution in [2.45, 2.75) is 0 Å². The minimum absolute atomic E-state index is 0. The van der Waals surface area contributed by atoms with E-state index in [-0.39, 0.29) is 26.4 Å². The van der Waals surface area contributed by atoms with Crippen molar-refractivity contribution in [1.29, 1.82) is 0 Å². The van der Waals surface area contributed by atoms with Crippen molar-refractivity contribution in [2.75, 3.05) is 0 Å². The van der Waals surface area contributed by atoms with Crippen molar-refractivity contribution < 1.29 is 16.5 Å². The summed E-state index contributed by atoms with van der Waals surface area (Å²) < 4.78 is 0. The Labute approximate surface area is 135 Å². The molecule has 0 spiro atoms. The quantitative estimate of drug-likeness (QED) is 0.324. The molecule has 2 heteroatoms. The first-order valence-corrected chi connectivity index (χ1v) is 5.73. The van der Waals surface area contributed by atoms with Gasteiger partial charge >= 0.3 is 16.5 Å². The zero-order valence-corrected chi connectivity index (χ0v) is 13.6. The molecule has 0 saturated carbocycles. The predicted molar refractivity (Wildman–Crippen MR) is 86.9 cm³/mol. The fourth-order valence-electron chi connectivity index (χ4n) is 1.03. The molecule has 1 radical (unpaired) electrons. The summed E-state index contributed by atoms with van der Waals surface area (Å²) in [5.41, 5.74) is 0. The van der Waals surface area contributed by atoms with Crippen LogP contribution < -0.4 is 0 Å². The van der Waals surface area contributed by atoms with E-state index in [1.165, 1.54) is 0 Å². The molecule has 3 aromatic rings. The number of benzene rings is 3. The molecule has 0 amide bonds. The van der Waals surface area contributed by atoms with Crippen LogP contribution in [0.2, 0.25) is 0 Å². The van der Waals surface area contributed by atoms with Crippen molar-refractivity contribution in [3.05, 3.63) is 109 Å². The molecule has 0 aliphatic carbocycles. The van der Waals surface area contributed by atoms with E-state index >= 15 is 0 Å². The standard InChI is InChI=1S/3C6H5.Ni.H3P/c3*1-2-4-6-5-3-1;;/h3*1-5H;;1H3/q3*-1;+3;. The molecule has 0 aromatic heterocycles. The molecule has 105 valence electrons. The molecule has 3 rings (SSSR count). The molecule has 1 unspecified atom stereocenters. The summed E-state index contributed by atoms with van der Waals surface area (Å²) in [5.74, 6) is 0. The molecule has 0 saturated heterocycles. The zero-order valence-electron chi connectivity index (χ0n) is 11.2. The maximum Gasteiger partial charge on any atom is 3.00 e. The summed E-state index contributed by atoms with van der Waals surface area (Å²) in [6.45, 7) is 0. The van der Waals surface area contributed by atoms with Crippen molar-refractivity contribution in [3.8, 4) is 0 Å². The molecular formula is C18H18NiP. The van der Waals surface area contributed by atoms with Crippen LogP contribution >= 0.6 is 9.90 Å². The Kier molecular flexibility index (Phi) is 18.4. The molecule has 1 atom stereocenters. The first-order valence-electron chi connectivity index (χ1n) is 5.73. The Balaban J connectivity index is 0. The Hall–Kier alpha value is -1.42. The zero-order chi connectivity index (χ0) is 12.7. The minimum atomic E-state index is 0. The van der Waals surface area contributed by atoms with E-state index in [1.807, 2.05) is 91.0 Å². The van der Waals surface area contributed by atoms with Gasteiger partial charge < -0.3 is 0 Å². The van der Waals surface area contributed by atoms with Crippen LogP contribution in [0.15, 0.2) is 91.0 Å². The first-order chi connectivity index (χ1) is 9.00. The predicted octanol–water partition coefficient (Wildman–Crippen LogP) is 4.52. The molecule has 0 heterocycles. The smallest absolute Gasteiger partial charge is 0.184 e. The molecule has 0 aliphatic rings. The van der Waals surface area contributed by atoms with E-state index in [9.17, 15) is 0 Å². The summed E-state index contributed by atoms with van der Waals surface area (Å²) in [4.78, 5) is 0. The maximum atomic E-state index is 2.89. The first kappa shape index (κ1) is 20.9. The van der Waals surface area contributed by atoms with E-state index in [0.717, 1.165) is 0 Å². The molecule has 3 aromatic carbocycles. The van der Waals surface area contributed by atoms with Crippen LogP contribution in [0.3, 0.4) is 0 Å². The van der Waals surface area contributed by atoms with Crippen molar-refractivity contribution >= 4 is 9.90 Å². The van der Waals surface area contributed by atoms with Crippen molar-refractivity contribution in [1.82, 2.24) is 0 Å². The molecular weight excluding hydrogens is 306 g/mol. The number of hydrogen-bond acceptors (Lipinski definition) is 0. The van der Waals surface area contributed by atoms with E-state index in [4.69, 9.17) is 0 Å². The van der Waals surface area contributed by atoms with Crippen LogP contribution in [-0.4, -0.2) is 0 Å². The molecule has 20 heavy (non-hydrogen) atoms. The second-order valence-corrected chi connectivity index (χ2v) is 3.23. The van der Waals surface area contributed by atoms with Gasteiger partial charge in [0.25, 0.3) is 0 Å².